The average molecular weight is 306 g/mol. The van der Waals surface area contributed by atoms with Crippen LogP contribution in [0.4, 0.5) is 0 Å². The van der Waals surface area contributed by atoms with Gasteiger partial charge in [0.2, 0.25) is 0 Å². The number of carbonyl (C=O) groups is 1. The molecule has 0 bridgehead atoms. The molecule has 1 aliphatic rings. The highest BCUT2D eigenvalue weighted by Crippen LogP contribution is 2.37. The molecule has 0 saturated heterocycles. The lowest BCUT2D eigenvalue weighted by Gasteiger charge is -2.42. The standard InChI is InChI=1S/C13H26N2O4S/c1-11(2)10-14-20(18,19)15(3)13(9-12(16)17)7-5-4-6-8-13/h11,14H,4-10H2,1-3H3,(H,16,17). The third-order valence-corrected chi connectivity index (χ3v) is 5.61. The summed E-state index contributed by atoms with van der Waals surface area (Å²) in [5.41, 5.74) is -0.785. The van der Waals surface area contributed by atoms with Gasteiger partial charge in [0.15, 0.2) is 0 Å². The SMILES string of the molecule is CC(C)CNS(=O)(=O)N(C)C1(CC(=O)O)CCCCC1. The van der Waals surface area contributed by atoms with E-state index in [1.54, 1.807) is 0 Å². The monoisotopic (exact) mass is 306 g/mol. The molecule has 6 nitrogen and oxygen atoms in total. The Morgan fingerprint density at radius 2 is 1.85 bits per heavy atom. The summed E-state index contributed by atoms with van der Waals surface area (Å²) in [7, 11) is -2.14. The molecule has 0 aromatic rings. The first kappa shape index (κ1) is 17.4. The van der Waals surface area contributed by atoms with Gasteiger partial charge in [0.1, 0.15) is 0 Å². The second kappa shape index (κ2) is 6.87. The van der Waals surface area contributed by atoms with Crippen LogP contribution in [0.5, 0.6) is 0 Å². The van der Waals surface area contributed by atoms with Crippen LogP contribution in [0.25, 0.3) is 0 Å². The van der Waals surface area contributed by atoms with Crippen molar-refractivity contribution in [1.29, 1.82) is 0 Å². The van der Waals surface area contributed by atoms with Crippen LogP contribution in [0, 0.1) is 5.92 Å². The molecule has 1 rings (SSSR count). The first-order valence-corrected chi connectivity index (χ1v) is 8.59. The first-order valence-electron chi connectivity index (χ1n) is 7.15. The lowest BCUT2D eigenvalue weighted by atomic mass is 9.79. The van der Waals surface area contributed by atoms with Gasteiger partial charge in [0, 0.05) is 19.1 Å². The second-order valence-corrected chi connectivity index (χ2v) is 7.86. The van der Waals surface area contributed by atoms with E-state index in [0.29, 0.717) is 19.4 Å². The molecule has 0 amide bonds. The minimum Gasteiger partial charge on any atom is -0.481 e. The van der Waals surface area contributed by atoms with E-state index >= 15 is 0 Å². The minimum atomic E-state index is -3.64. The molecule has 0 radical (unpaired) electrons. The van der Waals surface area contributed by atoms with Gasteiger partial charge in [-0.05, 0) is 18.8 Å². The van der Waals surface area contributed by atoms with Crippen molar-refractivity contribution < 1.29 is 18.3 Å². The molecule has 0 aromatic carbocycles. The van der Waals surface area contributed by atoms with Gasteiger partial charge in [-0.2, -0.15) is 12.7 Å². The molecule has 0 spiro atoms. The first-order chi connectivity index (χ1) is 9.19. The summed E-state index contributed by atoms with van der Waals surface area (Å²) in [6.07, 6.45) is 3.87. The van der Waals surface area contributed by atoms with Crippen molar-refractivity contribution in [2.45, 2.75) is 57.9 Å². The Morgan fingerprint density at radius 3 is 2.30 bits per heavy atom. The highest BCUT2D eigenvalue weighted by molar-refractivity contribution is 7.87. The van der Waals surface area contributed by atoms with E-state index in [1.165, 1.54) is 11.4 Å². The van der Waals surface area contributed by atoms with Crippen molar-refractivity contribution in [3.63, 3.8) is 0 Å². The summed E-state index contributed by atoms with van der Waals surface area (Å²) in [6.45, 7) is 4.21. The van der Waals surface area contributed by atoms with E-state index in [9.17, 15) is 13.2 Å². The molecule has 1 aliphatic carbocycles. The van der Waals surface area contributed by atoms with Crippen molar-refractivity contribution >= 4 is 16.2 Å². The average Bonchev–Trinajstić information content (AvgIpc) is 2.36. The molecule has 1 saturated carbocycles. The Kier molecular flexibility index (Phi) is 5.97. The minimum absolute atomic E-state index is 0.133. The van der Waals surface area contributed by atoms with Gasteiger partial charge in [-0.3, -0.25) is 4.79 Å². The second-order valence-electron chi connectivity index (χ2n) is 6.07. The Bertz CT molecular complexity index is 428. The Labute approximate surface area is 121 Å². The fourth-order valence-corrected chi connectivity index (χ4v) is 4.21. The smallest absolute Gasteiger partial charge is 0.305 e. The number of hydrogen-bond donors (Lipinski definition) is 2. The highest BCUT2D eigenvalue weighted by Gasteiger charge is 2.43. The van der Waals surface area contributed by atoms with Crippen molar-refractivity contribution in [3.05, 3.63) is 0 Å². The molecular weight excluding hydrogens is 280 g/mol. The van der Waals surface area contributed by atoms with Gasteiger partial charge >= 0.3 is 5.97 Å². The zero-order chi connectivity index (χ0) is 15.4. The lowest BCUT2D eigenvalue weighted by Crippen LogP contribution is -2.55. The Balaban J connectivity index is 2.92. The molecule has 0 aliphatic heterocycles. The van der Waals surface area contributed by atoms with Crippen LogP contribution in [-0.2, 0) is 15.0 Å². The van der Waals surface area contributed by atoms with Crippen LogP contribution in [0.2, 0.25) is 0 Å². The van der Waals surface area contributed by atoms with Gasteiger partial charge in [-0.15, -0.1) is 0 Å². The maximum atomic E-state index is 12.3. The molecule has 2 N–H and O–H groups in total. The van der Waals surface area contributed by atoms with Crippen LogP contribution in [0.1, 0.15) is 52.4 Å². The third kappa shape index (κ3) is 4.43. The molecule has 0 atom stereocenters. The van der Waals surface area contributed by atoms with Gasteiger partial charge in [0.25, 0.3) is 10.2 Å². The fraction of sp³-hybridized carbons (Fsp3) is 0.923. The number of carboxylic acids is 1. The van der Waals surface area contributed by atoms with Gasteiger partial charge in [0.05, 0.1) is 6.42 Å². The molecule has 7 heteroatoms. The van der Waals surface area contributed by atoms with E-state index in [0.717, 1.165) is 19.3 Å². The molecular formula is C13H26N2O4S. The summed E-state index contributed by atoms with van der Waals surface area (Å²) in [6, 6.07) is 0. The van der Waals surface area contributed by atoms with Crippen molar-refractivity contribution in [1.82, 2.24) is 9.03 Å². The highest BCUT2D eigenvalue weighted by atomic mass is 32.2. The van der Waals surface area contributed by atoms with Gasteiger partial charge in [-0.1, -0.05) is 33.1 Å². The predicted molar refractivity (Wildman–Crippen MR) is 77.6 cm³/mol. The van der Waals surface area contributed by atoms with Crippen LogP contribution >= 0.6 is 0 Å². The fourth-order valence-electron chi connectivity index (χ4n) is 2.72. The molecule has 0 aromatic heterocycles. The van der Waals surface area contributed by atoms with Crippen LogP contribution in [0.15, 0.2) is 0 Å². The van der Waals surface area contributed by atoms with E-state index in [-0.39, 0.29) is 12.3 Å². The zero-order valence-electron chi connectivity index (χ0n) is 12.6. The van der Waals surface area contributed by atoms with Crippen LogP contribution in [-0.4, -0.2) is 42.9 Å². The topological polar surface area (TPSA) is 86.7 Å². The van der Waals surface area contributed by atoms with Crippen molar-refractivity contribution in [3.8, 4) is 0 Å². The number of carboxylic acid groups (broad SMARTS) is 1. The maximum Gasteiger partial charge on any atom is 0.305 e. The predicted octanol–water partition coefficient (Wildman–Crippen LogP) is 1.59. The molecule has 118 valence electrons. The summed E-state index contributed by atoms with van der Waals surface area (Å²) in [5, 5.41) is 9.12. The molecule has 20 heavy (non-hydrogen) atoms. The summed E-state index contributed by atoms with van der Waals surface area (Å²) in [5.74, 6) is -0.738. The zero-order valence-corrected chi connectivity index (χ0v) is 13.4. The summed E-state index contributed by atoms with van der Waals surface area (Å²) >= 11 is 0. The van der Waals surface area contributed by atoms with Crippen molar-refractivity contribution in [2.75, 3.05) is 13.6 Å². The normalized spacial score (nSPS) is 19.4. The number of nitrogens with zero attached hydrogens (tertiary/aromatic N) is 1. The van der Waals surface area contributed by atoms with Gasteiger partial charge < -0.3 is 5.11 Å². The lowest BCUT2D eigenvalue weighted by molar-refractivity contribution is -0.140. The summed E-state index contributed by atoms with van der Waals surface area (Å²) in [4.78, 5) is 11.1. The number of aliphatic carboxylic acids is 1. The van der Waals surface area contributed by atoms with Crippen LogP contribution < -0.4 is 4.72 Å². The van der Waals surface area contributed by atoms with E-state index < -0.39 is 21.7 Å². The van der Waals surface area contributed by atoms with Gasteiger partial charge in [-0.25, -0.2) is 4.72 Å². The molecule has 0 heterocycles. The van der Waals surface area contributed by atoms with Crippen molar-refractivity contribution in [2.24, 2.45) is 5.92 Å². The van der Waals surface area contributed by atoms with E-state index in [2.05, 4.69) is 4.72 Å². The van der Waals surface area contributed by atoms with E-state index in [4.69, 9.17) is 5.11 Å². The number of nitrogens with one attached hydrogen (secondary N) is 1. The molecule has 1 fully saturated rings. The number of hydrogen-bond acceptors (Lipinski definition) is 3. The largest absolute Gasteiger partial charge is 0.481 e. The molecule has 0 unspecified atom stereocenters. The summed E-state index contributed by atoms with van der Waals surface area (Å²) < 4.78 is 28.5. The van der Waals surface area contributed by atoms with E-state index in [1.807, 2.05) is 13.8 Å². The maximum absolute atomic E-state index is 12.3. The quantitative estimate of drug-likeness (QED) is 0.748. The Hall–Kier alpha value is -0.660. The number of rotatable bonds is 7. The third-order valence-electron chi connectivity index (χ3n) is 3.97. The van der Waals surface area contributed by atoms with Crippen LogP contribution in [0.3, 0.4) is 0 Å². The Morgan fingerprint density at radius 1 is 1.30 bits per heavy atom.